The largest absolute Gasteiger partial charge is 0.491 e. The zero-order chi connectivity index (χ0) is 16.9. The van der Waals surface area contributed by atoms with E-state index in [0.29, 0.717) is 23.8 Å². The Morgan fingerprint density at radius 1 is 1.42 bits per heavy atom. The van der Waals surface area contributed by atoms with Crippen LogP contribution in [0.5, 0.6) is 5.75 Å². The molecule has 1 N–H and O–H groups in total. The summed E-state index contributed by atoms with van der Waals surface area (Å²) in [5.41, 5.74) is 0.597. The molecular formula is C18H22N4O2. The summed E-state index contributed by atoms with van der Waals surface area (Å²) in [6.45, 7) is 2.72. The highest BCUT2D eigenvalue weighted by Crippen LogP contribution is 2.25. The van der Waals surface area contributed by atoms with Crippen LogP contribution in [0, 0.1) is 11.3 Å². The fraction of sp³-hybridized carbons (Fsp3) is 0.444. The normalized spacial score (nSPS) is 19.1. The standard InChI is InChI=1S/C18H22N4O2/c1-21-9-7-20-18(21)15-6-8-22(11-15)12-16(23)13-24-17-4-2-14(10-19)3-5-17/h2-5,7,9,15-16,23H,6,8,11-13H2,1H3. The summed E-state index contributed by atoms with van der Waals surface area (Å²) < 4.78 is 7.66. The summed E-state index contributed by atoms with van der Waals surface area (Å²) >= 11 is 0. The van der Waals surface area contributed by atoms with Crippen LogP contribution in [0.3, 0.4) is 0 Å². The molecule has 0 amide bonds. The topological polar surface area (TPSA) is 74.3 Å². The van der Waals surface area contributed by atoms with Crippen molar-refractivity contribution in [2.24, 2.45) is 7.05 Å². The lowest BCUT2D eigenvalue weighted by atomic mass is 10.1. The Balaban J connectivity index is 1.44. The molecule has 1 aliphatic heterocycles. The summed E-state index contributed by atoms with van der Waals surface area (Å²) in [7, 11) is 2.02. The molecule has 0 saturated carbocycles. The first-order valence-electron chi connectivity index (χ1n) is 8.16. The maximum atomic E-state index is 10.2. The van der Waals surface area contributed by atoms with Crippen LogP contribution >= 0.6 is 0 Å². The minimum absolute atomic E-state index is 0.246. The van der Waals surface area contributed by atoms with Gasteiger partial charge in [-0.25, -0.2) is 4.98 Å². The minimum atomic E-state index is -0.541. The van der Waals surface area contributed by atoms with E-state index in [0.717, 1.165) is 25.3 Å². The molecule has 126 valence electrons. The molecule has 2 atom stereocenters. The van der Waals surface area contributed by atoms with Crippen molar-refractivity contribution < 1.29 is 9.84 Å². The number of hydrogen-bond acceptors (Lipinski definition) is 5. The average molecular weight is 326 g/mol. The van der Waals surface area contributed by atoms with E-state index < -0.39 is 6.10 Å². The zero-order valence-electron chi connectivity index (χ0n) is 13.8. The first-order chi connectivity index (χ1) is 11.7. The maximum Gasteiger partial charge on any atom is 0.119 e. The first kappa shape index (κ1) is 16.5. The van der Waals surface area contributed by atoms with Crippen molar-refractivity contribution in [3.63, 3.8) is 0 Å². The molecular weight excluding hydrogens is 304 g/mol. The average Bonchev–Trinajstić information content (AvgIpc) is 3.22. The van der Waals surface area contributed by atoms with Crippen molar-refractivity contribution in [3.05, 3.63) is 48.0 Å². The second-order valence-corrected chi connectivity index (χ2v) is 6.24. The summed E-state index contributed by atoms with van der Waals surface area (Å²) in [4.78, 5) is 6.68. The maximum absolute atomic E-state index is 10.2. The zero-order valence-corrected chi connectivity index (χ0v) is 13.8. The molecule has 0 radical (unpaired) electrons. The summed E-state index contributed by atoms with van der Waals surface area (Å²) in [6.07, 6.45) is 4.32. The van der Waals surface area contributed by atoms with Gasteiger partial charge >= 0.3 is 0 Å². The molecule has 1 saturated heterocycles. The molecule has 6 heteroatoms. The Kier molecular flexibility index (Phi) is 5.14. The number of rotatable bonds is 6. The Labute approximate surface area is 141 Å². The molecule has 1 aromatic heterocycles. The highest BCUT2D eigenvalue weighted by molar-refractivity contribution is 5.34. The van der Waals surface area contributed by atoms with Gasteiger partial charge in [-0.05, 0) is 37.2 Å². The van der Waals surface area contributed by atoms with Crippen LogP contribution in [0.15, 0.2) is 36.7 Å². The van der Waals surface area contributed by atoms with Gasteiger partial charge in [-0.2, -0.15) is 5.26 Å². The van der Waals surface area contributed by atoms with Gasteiger partial charge in [-0.3, -0.25) is 4.90 Å². The van der Waals surface area contributed by atoms with Crippen molar-refractivity contribution in [1.82, 2.24) is 14.5 Å². The molecule has 1 fully saturated rings. The number of nitriles is 1. The van der Waals surface area contributed by atoms with E-state index in [1.807, 2.05) is 19.4 Å². The van der Waals surface area contributed by atoms with E-state index in [1.54, 1.807) is 24.3 Å². The molecule has 0 spiro atoms. The van der Waals surface area contributed by atoms with Gasteiger partial charge in [0, 0.05) is 38.4 Å². The molecule has 6 nitrogen and oxygen atoms in total. The lowest BCUT2D eigenvalue weighted by Gasteiger charge is -2.20. The van der Waals surface area contributed by atoms with E-state index in [1.165, 1.54) is 0 Å². The van der Waals surface area contributed by atoms with Gasteiger partial charge in [0.2, 0.25) is 0 Å². The SMILES string of the molecule is Cn1ccnc1C1CCN(CC(O)COc2ccc(C#N)cc2)C1. The monoisotopic (exact) mass is 326 g/mol. The number of aryl methyl sites for hydroxylation is 1. The van der Waals surface area contributed by atoms with E-state index in [9.17, 15) is 5.11 Å². The van der Waals surface area contributed by atoms with E-state index in [2.05, 4.69) is 20.5 Å². The number of benzene rings is 1. The number of imidazole rings is 1. The highest BCUT2D eigenvalue weighted by atomic mass is 16.5. The van der Waals surface area contributed by atoms with Gasteiger partial charge in [0.15, 0.2) is 0 Å². The Bertz CT molecular complexity index is 705. The number of hydrogen-bond donors (Lipinski definition) is 1. The van der Waals surface area contributed by atoms with Crippen LogP contribution in [-0.2, 0) is 7.05 Å². The molecule has 3 rings (SSSR count). The van der Waals surface area contributed by atoms with Crippen LogP contribution in [-0.4, -0.2) is 51.9 Å². The van der Waals surface area contributed by atoms with Gasteiger partial charge < -0.3 is 14.4 Å². The van der Waals surface area contributed by atoms with Crippen molar-refractivity contribution in [3.8, 4) is 11.8 Å². The van der Waals surface area contributed by atoms with E-state index >= 15 is 0 Å². The van der Waals surface area contributed by atoms with Gasteiger partial charge in [-0.1, -0.05) is 0 Å². The smallest absolute Gasteiger partial charge is 0.119 e. The minimum Gasteiger partial charge on any atom is -0.491 e. The Morgan fingerprint density at radius 2 is 2.21 bits per heavy atom. The summed E-state index contributed by atoms with van der Waals surface area (Å²) in [5, 5.41) is 19.0. The number of ether oxygens (including phenoxy) is 1. The van der Waals surface area contributed by atoms with Crippen molar-refractivity contribution >= 4 is 0 Å². The van der Waals surface area contributed by atoms with Crippen LogP contribution in [0.25, 0.3) is 0 Å². The van der Waals surface area contributed by atoms with Crippen molar-refractivity contribution in [2.45, 2.75) is 18.4 Å². The van der Waals surface area contributed by atoms with Crippen LogP contribution in [0.2, 0.25) is 0 Å². The molecule has 0 aliphatic carbocycles. The van der Waals surface area contributed by atoms with Crippen LogP contribution in [0.1, 0.15) is 23.7 Å². The number of aromatic nitrogens is 2. The second kappa shape index (κ2) is 7.47. The fourth-order valence-corrected chi connectivity index (χ4v) is 3.15. The molecule has 24 heavy (non-hydrogen) atoms. The Morgan fingerprint density at radius 3 is 2.88 bits per heavy atom. The van der Waals surface area contributed by atoms with Crippen LogP contribution in [0.4, 0.5) is 0 Å². The van der Waals surface area contributed by atoms with E-state index in [4.69, 9.17) is 10.00 Å². The highest BCUT2D eigenvalue weighted by Gasteiger charge is 2.27. The summed E-state index contributed by atoms with van der Waals surface area (Å²) in [5.74, 6) is 2.21. The predicted molar refractivity (Wildman–Crippen MR) is 89.7 cm³/mol. The quantitative estimate of drug-likeness (QED) is 0.871. The second-order valence-electron chi connectivity index (χ2n) is 6.24. The van der Waals surface area contributed by atoms with Gasteiger partial charge in [0.25, 0.3) is 0 Å². The molecule has 2 aromatic rings. The third-order valence-electron chi connectivity index (χ3n) is 4.39. The fourth-order valence-electron chi connectivity index (χ4n) is 3.15. The summed E-state index contributed by atoms with van der Waals surface area (Å²) in [6, 6.07) is 8.98. The molecule has 1 aliphatic rings. The van der Waals surface area contributed by atoms with Crippen molar-refractivity contribution in [2.75, 3.05) is 26.2 Å². The van der Waals surface area contributed by atoms with Crippen molar-refractivity contribution in [1.29, 1.82) is 5.26 Å². The number of β-amino-alcohol motifs (C(OH)–C–C–N with tert-alkyl or cyclic N) is 1. The molecule has 2 heterocycles. The predicted octanol–water partition coefficient (Wildman–Crippen LogP) is 1.52. The van der Waals surface area contributed by atoms with Gasteiger partial charge in [0.1, 0.15) is 24.3 Å². The number of aliphatic hydroxyl groups excluding tert-OH is 1. The molecule has 1 aromatic carbocycles. The lowest BCUT2D eigenvalue weighted by molar-refractivity contribution is 0.0753. The number of nitrogens with zero attached hydrogens (tertiary/aromatic N) is 4. The Hall–Kier alpha value is -2.36. The third-order valence-corrected chi connectivity index (χ3v) is 4.39. The third kappa shape index (κ3) is 3.94. The number of likely N-dealkylation sites (tertiary alicyclic amines) is 1. The van der Waals surface area contributed by atoms with Gasteiger partial charge in [0.05, 0.1) is 11.6 Å². The molecule has 0 bridgehead atoms. The number of aliphatic hydroxyl groups is 1. The lowest BCUT2D eigenvalue weighted by Crippen LogP contribution is -2.34. The van der Waals surface area contributed by atoms with Crippen LogP contribution < -0.4 is 4.74 Å². The van der Waals surface area contributed by atoms with Gasteiger partial charge in [-0.15, -0.1) is 0 Å². The first-order valence-corrected chi connectivity index (χ1v) is 8.16. The van der Waals surface area contributed by atoms with E-state index in [-0.39, 0.29) is 6.61 Å². The molecule has 2 unspecified atom stereocenters.